The van der Waals surface area contributed by atoms with Gasteiger partial charge in [-0.2, -0.15) is 0 Å². The van der Waals surface area contributed by atoms with Gasteiger partial charge in [0.05, 0.1) is 12.2 Å². The Labute approximate surface area is 180 Å². The Hall–Kier alpha value is -2.60. The van der Waals surface area contributed by atoms with E-state index in [1.165, 1.54) is 5.56 Å². The van der Waals surface area contributed by atoms with Crippen LogP contribution in [0.15, 0.2) is 53.8 Å². The molecule has 0 saturated heterocycles. The average Bonchev–Trinajstić information content (AvgIpc) is 2.72. The van der Waals surface area contributed by atoms with E-state index in [9.17, 15) is 5.11 Å². The number of ether oxygens (including phenoxy) is 1. The number of nitrogens with zero attached hydrogens (tertiary/aromatic N) is 2. The van der Waals surface area contributed by atoms with Gasteiger partial charge in [-0.05, 0) is 56.0 Å². The van der Waals surface area contributed by atoms with Gasteiger partial charge in [0.2, 0.25) is 0 Å². The van der Waals surface area contributed by atoms with Crippen LogP contribution in [0.4, 0.5) is 0 Å². The molecule has 1 heterocycles. The maximum atomic E-state index is 10.6. The third kappa shape index (κ3) is 7.67. The Balaban J connectivity index is 1.98. The minimum Gasteiger partial charge on any atom is -0.491 e. The molecule has 6 heteroatoms. The highest BCUT2D eigenvalue weighted by Gasteiger charge is 2.16. The van der Waals surface area contributed by atoms with Crippen molar-refractivity contribution in [1.82, 2.24) is 15.6 Å². The molecule has 6 nitrogen and oxygen atoms in total. The molecule has 0 spiro atoms. The summed E-state index contributed by atoms with van der Waals surface area (Å²) in [7, 11) is 0. The summed E-state index contributed by atoms with van der Waals surface area (Å²) in [6, 6.07) is 11.6. The molecule has 0 radical (unpaired) electrons. The van der Waals surface area contributed by atoms with E-state index in [2.05, 4.69) is 35.5 Å². The summed E-state index contributed by atoms with van der Waals surface area (Å²) in [4.78, 5) is 9.00. The summed E-state index contributed by atoms with van der Waals surface area (Å²) in [5.74, 6) is 2.23. The van der Waals surface area contributed by atoms with Crippen molar-refractivity contribution in [2.45, 2.75) is 52.7 Å². The van der Waals surface area contributed by atoms with E-state index in [4.69, 9.17) is 9.73 Å². The molecule has 3 N–H and O–H groups in total. The number of pyridine rings is 1. The number of aromatic nitrogens is 1. The fourth-order valence-electron chi connectivity index (χ4n) is 3.18. The van der Waals surface area contributed by atoms with Gasteiger partial charge in [0.15, 0.2) is 5.96 Å². The van der Waals surface area contributed by atoms with Crippen molar-refractivity contribution in [3.63, 3.8) is 0 Å². The molecule has 0 saturated carbocycles. The molecule has 1 aromatic carbocycles. The number of aliphatic imine (C=N–C) groups is 1. The van der Waals surface area contributed by atoms with Gasteiger partial charge in [0.1, 0.15) is 5.75 Å². The number of aliphatic hydroxyl groups excluding tert-OH is 1. The van der Waals surface area contributed by atoms with E-state index in [-0.39, 0.29) is 12.0 Å². The molecule has 2 unspecified atom stereocenters. The van der Waals surface area contributed by atoms with Crippen molar-refractivity contribution in [1.29, 1.82) is 0 Å². The zero-order valence-electron chi connectivity index (χ0n) is 18.8. The predicted molar refractivity (Wildman–Crippen MR) is 123 cm³/mol. The molecule has 0 bridgehead atoms. The average molecular weight is 413 g/mol. The van der Waals surface area contributed by atoms with Crippen LogP contribution < -0.4 is 15.4 Å². The molecule has 2 rings (SSSR count). The molecule has 2 atom stereocenters. The molecule has 0 amide bonds. The Morgan fingerprint density at radius 3 is 2.37 bits per heavy atom. The van der Waals surface area contributed by atoms with E-state index < -0.39 is 6.10 Å². The van der Waals surface area contributed by atoms with Gasteiger partial charge in [-0.15, -0.1) is 0 Å². The second-order valence-electron chi connectivity index (χ2n) is 7.99. The van der Waals surface area contributed by atoms with Crippen LogP contribution in [0.25, 0.3) is 0 Å². The second kappa shape index (κ2) is 12.2. The number of guanidine groups is 1. The van der Waals surface area contributed by atoms with Crippen LogP contribution in [-0.4, -0.2) is 41.8 Å². The van der Waals surface area contributed by atoms with Gasteiger partial charge >= 0.3 is 0 Å². The summed E-state index contributed by atoms with van der Waals surface area (Å²) in [6.07, 6.45) is 3.19. The first-order valence-electron chi connectivity index (χ1n) is 10.8. The molecule has 0 fully saturated rings. The molecule has 2 aromatic rings. The van der Waals surface area contributed by atoms with Gasteiger partial charge in [-0.3, -0.25) is 9.98 Å². The summed E-state index contributed by atoms with van der Waals surface area (Å²) < 4.78 is 5.66. The van der Waals surface area contributed by atoms with Crippen LogP contribution in [-0.2, 0) is 0 Å². The van der Waals surface area contributed by atoms with Crippen LogP contribution in [0.5, 0.6) is 5.75 Å². The lowest BCUT2D eigenvalue weighted by molar-refractivity contribution is 0.180. The Morgan fingerprint density at radius 1 is 1.07 bits per heavy atom. The Morgan fingerprint density at radius 2 is 1.80 bits per heavy atom. The van der Waals surface area contributed by atoms with Gasteiger partial charge in [0, 0.05) is 37.9 Å². The van der Waals surface area contributed by atoms with Crippen molar-refractivity contribution in [2.75, 3.05) is 19.6 Å². The number of hydrogen-bond acceptors (Lipinski definition) is 4. The fourth-order valence-corrected chi connectivity index (χ4v) is 3.18. The summed E-state index contributed by atoms with van der Waals surface area (Å²) in [5, 5.41) is 17.1. The van der Waals surface area contributed by atoms with Crippen LogP contribution in [0.3, 0.4) is 0 Å². The van der Waals surface area contributed by atoms with Crippen molar-refractivity contribution in [2.24, 2.45) is 10.9 Å². The SMILES string of the molecule is CCNC(=NCC(c1cccnc1)C(C)C)NCC(O)c1ccc(OC(C)C)cc1. The lowest BCUT2D eigenvalue weighted by Crippen LogP contribution is -2.39. The fraction of sp³-hybridized carbons (Fsp3) is 0.500. The molecule has 0 aliphatic carbocycles. The highest BCUT2D eigenvalue weighted by Crippen LogP contribution is 2.24. The third-order valence-corrected chi connectivity index (χ3v) is 4.81. The smallest absolute Gasteiger partial charge is 0.191 e. The lowest BCUT2D eigenvalue weighted by atomic mass is 9.89. The normalized spacial score (nSPS) is 13.9. The molecule has 30 heavy (non-hydrogen) atoms. The quantitative estimate of drug-likeness (QED) is 0.407. The monoisotopic (exact) mass is 412 g/mol. The standard InChI is InChI=1S/C24H36N4O2/c1-6-26-24(27-15-22(17(2)3)20-8-7-13-25-14-20)28-16-23(29)19-9-11-21(12-10-19)30-18(4)5/h7-14,17-18,22-23,29H,6,15-16H2,1-5H3,(H2,26,27,28). The predicted octanol–water partition coefficient (Wildman–Crippen LogP) is 3.90. The van der Waals surface area contributed by atoms with E-state index in [1.807, 2.05) is 57.3 Å². The van der Waals surface area contributed by atoms with Crippen LogP contribution in [0, 0.1) is 5.92 Å². The number of rotatable bonds is 10. The molecular weight excluding hydrogens is 376 g/mol. The number of aliphatic hydroxyl groups is 1. The Bertz CT molecular complexity index is 761. The van der Waals surface area contributed by atoms with Crippen LogP contribution >= 0.6 is 0 Å². The van der Waals surface area contributed by atoms with Crippen molar-refractivity contribution >= 4 is 5.96 Å². The topological polar surface area (TPSA) is 78.8 Å². The van der Waals surface area contributed by atoms with E-state index in [1.54, 1.807) is 6.20 Å². The highest BCUT2D eigenvalue weighted by molar-refractivity contribution is 5.79. The van der Waals surface area contributed by atoms with Crippen LogP contribution in [0.2, 0.25) is 0 Å². The van der Waals surface area contributed by atoms with E-state index in [0.29, 0.717) is 25.0 Å². The third-order valence-electron chi connectivity index (χ3n) is 4.81. The van der Waals surface area contributed by atoms with E-state index >= 15 is 0 Å². The van der Waals surface area contributed by atoms with Gasteiger partial charge in [0.25, 0.3) is 0 Å². The van der Waals surface area contributed by atoms with Crippen LogP contribution in [0.1, 0.15) is 57.8 Å². The first-order valence-corrected chi connectivity index (χ1v) is 10.8. The molecule has 164 valence electrons. The molecular formula is C24H36N4O2. The van der Waals surface area contributed by atoms with Crippen molar-refractivity contribution in [3.8, 4) is 5.75 Å². The first kappa shape index (κ1) is 23.7. The summed E-state index contributed by atoms with van der Waals surface area (Å²) >= 11 is 0. The zero-order chi connectivity index (χ0) is 21.9. The van der Waals surface area contributed by atoms with Gasteiger partial charge < -0.3 is 20.5 Å². The minimum absolute atomic E-state index is 0.127. The molecule has 1 aromatic heterocycles. The molecule has 0 aliphatic heterocycles. The number of nitrogens with one attached hydrogen (secondary N) is 2. The lowest BCUT2D eigenvalue weighted by Gasteiger charge is -2.21. The highest BCUT2D eigenvalue weighted by atomic mass is 16.5. The summed E-state index contributed by atoms with van der Waals surface area (Å²) in [6.45, 7) is 12.2. The maximum absolute atomic E-state index is 10.6. The second-order valence-corrected chi connectivity index (χ2v) is 7.99. The van der Waals surface area contributed by atoms with Gasteiger partial charge in [-0.1, -0.05) is 32.0 Å². The zero-order valence-corrected chi connectivity index (χ0v) is 18.8. The van der Waals surface area contributed by atoms with E-state index in [0.717, 1.165) is 17.9 Å². The first-order chi connectivity index (χ1) is 14.4. The Kier molecular flexibility index (Phi) is 9.61. The minimum atomic E-state index is -0.638. The number of benzene rings is 1. The van der Waals surface area contributed by atoms with Crippen molar-refractivity contribution < 1.29 is 9.84 Å². The number of hydrogen-bond donors (Lipinski definition) is 3. The van der Waals surface area contributed by atoms with Crippen molar-refractivity contribution in [3.05, 3.63) is 59.9 Å². The largest absolute Gasteiger partial charge is 0.491 e. The molecule has 0 aliphatic rings. The summed E-state index contributed by atoms with van der Waals surface area (Å²) in [5.41, 5.74) is 2.03. The van der Waals surface area contributed by atoms with Gasteiger partial charge in [-0.25, -0.2) is 0 Å². The maximum Gasteiger partial charge on any atom is 0.191 e.